The third-order valence-corrected chi connectivity index (χ3v) is 5.99. The Morgan fingerprint density at radius 2 is 1.59 bits per heavy atom. The smallest absolute Gasteiger partial charge is 0.493 e. The van der Waals surface area contributed by atoms with E-state index in [1.165, 1.54) is 6.42 Å². The summed E-state index contributed by atoms with van der Waals surface area (Å²) in [6.07, 6.45) is 1.24. The zero-order chi connectivity index (χ0) is 19.9. The highest BCUT2D eigenvalue weighted by Crippen LogP contribution is 2.38. The molecule has 0 bridgehead atoms. The number of halogens is 3. The van der Waals surface area contributed by atoms with Gasteiger partial charge in [0.1, 0.15) is 5.75 Å². The molecular formula is C20H28BF3O3. The molecule has 3 rings (SSSR count). The van der Waals surface area contributed by atoms with Gasteiger partial charge in [0.05, 0.1) is 23.4 Å². The van der Waals surface area contributed by atoms with E-state index in [0.29, 0.717) is 18.0 Å². The standard InChI is InChI=1S/C20H28BF3O3/c1-18(2)19(3,4)27-21(26-18)16-10-15(20(22,23)24)11-17(12-16)25-13-14-8-6-5-7-9-14/h10-12,14H,5-9,13H2,1-4H3. The Bertz CT molecular complexity index is 651. The highest BCUT2D eigenvalue weighted by atomic mass is 19.4. The quantitative estimate of drug-likeness (QED) is 0.687. The van der Waals surface area contributed by atoms with Crippen molar-refractivity contribution >= 4 is 12.6 Å². The van der Waals surface area contributed by atoms with Crippen molar-refractivity contribution in [2.75, 3.05) is 6.61 Å². The minimum absolute atomic E-state index is 0.222. The van der Waals surface area contributed by atoms with Gasteiger partial charge in [-0.05, 0) is 70.1 Å². The van der Waals surface area contributed by atoms with Crippen molar-refractivity contribution in [1.82, 2.24) is 0 Å². The first-order chi connectivity index (χ1) is 12.5. The molecule has 27 heavy (non-hydrogen) atoms. The molecule has 0 atom stereocenters. The van der Waals surface area contributed by atoms with Crippen molar-refractivity contribution in [3.05, 3.63) is 23.8 Å². The topological polar surface area (TPSA) is 27.7 Å². The zero-order valence-electron chi connectivity index (χ0n) is 16.5. The molecule has 2 fully saturated rings. The van der Waals surface area contributed by atoms with Crippen LogP contribution >= 0.6 is 0 Å². The summed E-state index contributed by atoms with van der Waals surface area (Å²) in [6.45, 7) is 7.95. The lowest BCUT2D eigenvalue weighted by Gasteiger charge is -2.32. The van der Waals surface area contributed by atoms with Crippen molar-refractivity contribution < 1.29 is 27.2 Å². The molecule has 1 heterocycles. The molecule has 0 amide bonds. The van der Waals surface area contributed by atoms with Crippen LogP contribution in [0.4, 0.5) is 13.2 Å². The van der Waals surface area contributed by atoms with E-state index in [2.05, 4.69) is 0 Å². The molecule has 1 aliphatic carbocycles. The second-order valence-electron chi connectivity index (χ2n) is 8.69. The lowest BCUT2D eigenvalue weighted by atomic mass is 9.78. The van der Waals surface area contributed by atoms with Crippen LogP contribution in [-0.2, 0) is 15.5 Å². The fourth-order valence-electron chi connectivity index (χ4n) is 3.55. The summed E-state index contributed by atoms with van der Waals surface area (Å²) in [7, 11) is -0.852. The Kier molecular flexibility index (Phi) is 5.56. The first-order valence-electron chi connectivity index (χ1n) is 9.68. The van der Waals surface area contributed by atoms with Crippen LogP contribution in [-0.4, -0.2) is 24.9 Å². The van der Waals surface area contributed by atoms with Gasteiger partial charge in [0, 0.05) is 0 Å². The highest BCUT2D eigenvalue weighted by molar-refractivity contribution is 6.62. The van der Waals surface area contributed by atoms with Crippen LogP contribution in [0.15, 0.2) is 18.2 Å². The fraction of sp³-hybridized carbons (Fsp3) is 0.700. The molecule has 1 saturated heterocycles. The van der Waals surface area contributed by atoms with Gasteiger partial charge in [-0.15, -0.1) is 0 Å². The molecule has 0 spiro atoms. The van der Waals surface area contributed by atoms with E-state index < -0.39 is 30.1 Å². The summed E-state index contributed by atoms with van der Waals surface area (Å²) in [5, 5.41) is 0. The molecule has 1 aromatic rings. The monoisotopic (exact) mass is 384 g/mol. The number of hydrogen-bond acceptors (Lipinski definition) is 3. The van der Waals surface area contributed by atoms with Gasteiger partial charge in [0.15, 0.2) is 0 Å². The molecule has 1 saturated carbocycles. The summed E-state index contributed by atoms with van der Waals surface area (Å²) in [5.41, 5.74) is -1.64. The van der Waals surface area contributed by atoms with Crippen molar-refractivity contribution in [2.45, 2.75) is 77.2 Å². The first-order valence-corrected chi connectivity index (χ1v) is 9.68. The predicted molar refractivity (Wildman–Crippen MR) is 99.2 cm³/mol. The van der Waals surface area contributed by atoms with E-state index in [0.717, 1.165) is 37.8 Å². The molecular weight excluding hydrogens is 356 g/mol. The largest absolute Gasteiger partial charge is 0.494 e. The maximum atomic E-state index is 13.4. The van der Waals surface area contributed by atoms with Gasteiger partial charge >= 0.3 is 13.3 Å². The normalized spacial score (nSPS) is 22.9. The Morgan fingerprint density at radius 1 is 1.00 bits per heavy atom. The number of alkyl halides is 3. The van der Waals surface area contributed by atoms with Crippen molar-refractivity contribution in [1.29, 1.82) is 0 Å². The third-order valence-electron chi connectivity index (χ3n) is 5.99. The van der Waals surface area contributed by atoms with Crippen LogP contribution in [0.2, 0.25) is 0 Å². The van der Waals surface area contributed by atoms with Crippen LogP contribution in [0.5, 0.6) is 5.75 Å². The molecule has 3 nitrogen and oxygen atoms in total. The number of rotatable bonds is 4. The molecule has 0 N–H and O–H groups in total. The van der Waals surface area contributed by atoms with Gasteiger partial charge in [-0.2, -0.15) is 13.2 Å². The van der Waals surface area contributed by atoms with Crippen LogP contribution in [0, 0.1) is 5.92 Å². The van der Waals surface area contributed by atoms with E-state index >= 15 is 0 Å². The lowest BCUT2D eigenvalue weighted by Crippen LogP contribution is -2.41. The summed E-state index contributed by atoms with van der Waals surface area (Å²) in [4.78, 5) is 0. The van der Waals surface area contributed by atoms with Crippen molar-refractivity contribution in [2.24, 2.45) is 5.92 Å². The van der Waals surface area contributed by atoms with E-state index in [-0.39, 0.29) is 5.75 Å². The first kappa shape index (κ1) is 20.5. The van der Waals surface area contributed by atoms with Gasteiger partial charge in [0.2, 0.25) is 0 Å². The summed E-state index contributed by atoms with van der Waals surface area (Å²) in [5.74, 6) is 0.633. The lowest BCUT2D eigenvalue weighted by molar-refractivity contribution is -0.137. The van der Waals surface area contributed by atoms with Gasteiger partial charge in [-0.1, -0.05) is 19.3 Å². The average molecular weight is 384 g/mol. The highest BCUT2D eigenvalue weighted by Gasteiger charge is 2.52. The Morgan fingerprint density at radius 3 is 2.15 bits per heavy atom. The summed E-state index contributed by atoms with van der Waals surface area (Å²) in [6, 6.07) is 3.77. The summed E-state index contributed by atoms with van der Waals surface area (Å²) >= 11 is 0. The number of hydrogen-bond donors (Lipinski definition) is 0. The van der Waals surface area contributed by atoms with Crippen molar-refractivity contribution in [3.8, 4) is 5.75 Å². The molecule has 0 radical (unpaired) electrons. The minimum atomic E-state index is -4.46. The fourth-order valence-corrected chi connectivity index (χ4v) is 3.55. The Balaban J connectivity index is 1.83. The van der Waals surface area contributed by atoms with E-state index in [1.807, 2.05) is 27.7 Å². The van der Waals surface area contributed by atoms with E-state index in [1.54, 1.807) is 6.07 Å². The Hall–Kier alpha value is -1.21. The van der Waals surface area contributed by atoms with Crippen LogP contribution in [0.3, 0.4) is 0 Å². The molecule has 1 aliphatic heterocycles. The van der Waals surface area contributed by atoms with Crippen LogP contribution in [0.1, 0.15) is 65.4 Å². The SMILES string of the molecule is CC1(C)OB(c2cc(OCC3CCCCC3)cc(C(F)(F)F)c2)OC1(C)C. The third kappa shape index (κ3) is 4.62. The molecule has 1 aromatic carbocycles. The molecule has 2 aliphatic rings. The average Bonchev–Trinajstić information content (AvgIpc) is 2.81. The maximum Gasteiger partial charge on any atom is 0.494 e. The van der Waals surface area contributed by atoms with Gasteiger partial charge in [-0.3, -0.25) is 0 Å². The van der Waals surface area contributed by atoms with Crippen LogP contribution in [0.25, 0.3) is 0 Å². The van der Waals surface area contributed by atoms with E-state index in [4.69, 9.17) is 14.0 Å². The zero-order valence-corrected chi connectivity index (χ0v) is 16.5. The number of benzene rings is 1. The summed E-state index contributed by atoms with van der Waals surface area (Å²) < 4.78 is 57.8. The molecule has 150 valence electrons. The molecule has 0 unspecified atom stereocenters. The number of ether oxygens (including phenoxy) is 1. The van der Waals surface area contributed by atoms with Crippen LogP contribution < -0.4 is 10.2 Å². The molecule has 0 aromatic heterocycles. The minimum Gasteiger partial charge on any atom is -0.493 e. The predicted octanol–water partition coefficient (Wildman–Crippen LogP) is 4.96. The van der Waals surface area contributed by atoms with Gasteiger partial charge in [0.25, 0.3) is 0 Å². The van der Waals surface area contributed by atoms with Crippen molar-refractivity contribution in [3.63, 3.8) is 0 Å². The van der Waals surface area contributed by atoms with Gasteiger partial charge in [-0.25, -0.2) is 0 Å². The van der Waals surface area contributed by atoms with Gasteiger partial charge < -0.3 is 14.0 Å². The molecule has 7 heteroatoms. The second kappa shape index (κ2) is 7.32. The maximum absolute atomic E-state index is 13.4. The van der Waals surface area contributed by atoms with E-state index in [9.17, 15) is 13.2 Å². The Labute approximate surface area is 159 Å². The second-order valence-corrected chi connectivity index (χ2v) is 8.69.